The first-order chi connectivity index (χ1) is 8.41. The summed E-state index contributed by atoms with van der Waals surface area (Å²) >= 11 is 8.87. The zero-order valence-corrected chi connectivity index (χ0v) is 11.1. The van der Waals surface area contributed by atoms with Gasteiger partial charge in [-0.05, 0) is 11.6 Å². The highest BCUT2D eigenvalue weighted by molar-refractivity contribution is 9.10. The van der Waals surface area contributed by atoms with Crippen molar-refractivity contribution >= 4 is 45.0 Å². The van der Waals surface area contributed by atoms with Crippen LogP contribution in [0.5, 0.6) is 0 Å². The number of rotatable bonds is 2. The first kappa shape index (κ1) is 13.0. The summed E-state index contributed by atoms with van der Waals surface area (Å²) in [6, 6.07) is 3.96. The number of benzene rings is 1. The number of hydrogen-bond donors (Lipinski definition) is 1. The third-order valence-corrected chi connectivity index (χ3v) is 3.85. The molecule has 2 atom stereocenters. The van der Waals surface area contributed by atoms with Crippen molar-refractivity contribution in [2.45, 2.75) is 10.7 Å². The Morgan fingerprint density at radius 1 is 1.33 bits per heavy atom. The molecule has 0 bridgehead atoms. The number of carbonyl (C=O) groups excluding carboxylic acids is 2. The van der Waals surface area contributed by atoms with E-state index in [4.69, 9.17) is 11.6 Å². The Morgan fingerprint density at radius 2 is 2.00 bits per heavy atom. The fourth-order valence-electron chi connectivity index (χ4n) is 1.74. The summed E-state index contributed by atoms with van der Waals surface area (Å²) in [5.41, 5.74) is 0.215. The number of nitro benzene ring substituents is 1. The van der Waals surface area contributed by atoms with Crippen molar-refractivity contribution in [1.82, 2.24) is 5.32 Å². The van der Waals surface area contributed by atoms with Gasteiger partial charge in [-0.2, -0.15) is 0 Å². The second kappa shape index (κ2) is 4.66. The average molecular weight is 334 g/mol. The Bertz CT molecular complexity index is 563. The third-order valence-electron chi connectivity index (χ3n) is 2.60. The second-order valence-corrected chi connectivity index (χ2v) is 5.09. The van der Waals surface area contributed by atoms with Crippen LogP contribution in [0.15, 0.2) is 18.2 Å². The van der Waals surface area contributed by atoms with Gasteiger partial charge in [-0.1, -0.05) is 33.6 Å². The minimum absolute atomic E-state index is 0.0654. The van der Waals surface area contributed by atoms with E-state index in [9.17, 15) is 19.7 Å². The minimum Gasteiger partial charge on any atom is -0.295 e. The van der Waals surface area contributed by atoms with Crippen molar-refractivity contribution in [2.75, 3.05) is 0 Å². The lowest BCUT2D eigenvalue weighted by atomic mass is 9.97. The van der Waals surface area contributed by atoms with E-state index in [0.717, 1.165) is 0 Å². The molecule has 1 aliphatic heterocycles. The van der Waals surface area contributed by atoms with Gasteiger partial charge in [-0.25, -0.2) is 0 Å². The summed E-state index contributed by atoms with van der Waals surface area (Å²) in [4.78, 5) is 32.2. The summed E-state index contributed by atoms with van der Waals surface area (Å²) < 4.78 is 0. The fraction of sp³-hybridized carbons (Fsp3) is 0.200. The first-order valence-electron chi connectivity index (χ1n) is 4.84. The number of alkyl halides is 1. The third kappa shape index (κ3) is 2.11. The van der Waals surface area contributed by atoms with Crippen LogP contribution in [-0.4, -0.2) is 21.6 Å². The van der Waals surface area contributed by atoms with Crippen LogP contribution in [0.4, 0.5) is 5.69 Å². The van der Waals surface area contributed by atoms with Gasteiger partial charge in [0, 0.05) is 6.07 Å². The van der Waals surface area contributed by atoms with E-state index in [1.165, 1.54) is 18.2 Å². The largest absolute Gasteiger partial charge is 0.295 e. The van der Waals surface area contributed by atoms with Crippen molar-refractivity contribution in [3.8, 4) is 0 Å². The number of nitrogens with zero attached hydrogens (tertiary/aromatic N) is 1. The molecule has 1 fully saturated rings. The maximum atomic E-state index is 11.6. The molecule has 6 nitrogen and oxygen atoms in total. The van der Waals surface area contributed by atoms with Crippen LogP contribution in [0, 0.1) is 10.1 Å². The molecule has 0 radical (unpaired) electrons. The monoisotopic (exact) mass is 332 g/mol. The zero-order chi connectivity index (χ0) is 13.4. The summed E-state index contributed by atoms with van der Waals surface area (Å²) in [6.45, 7) is 0. The predicted octanol–water partition coefficient (Wildman–Crippen LogP) is 1.75. The Morgan fingerprint density at radius 3 is 2.44 bits per heavy atom. The van der Waals surface area contributed by atoms with E-state index in [0.29, 0.717) is 5.56 Å². The minimum atomic E-state index is -0.726. The van der Waals surface area contributed by atoms with Crippen molar-refractivity contribution in [3.63, 3.8) is 0 Å². The Kier molecular flexibility index (Phi) is 3.36. The lowest BCUT2D eigenvalue weighted by Gasteiger charge is -2.10. The molecule has 0 aliphatic carbocycles. The normalized spacial score (nSPS) is 23.0. The summed E-state index contributed by atoms with van der Waals surface area (Å²) in [5.74, 6) is -1.61. The summed E-state index contributed by atoms with van der Waals surface area (Å²) in [7, 11) is 0. The van der Waals surface area contributed by atoms with Crippen molar-refractivity contribution in [2.24, 2.45) is 0 Å². The van der Waals surface area contributed by atoms with E-state index in [1.54, 1.807) is 0 Å². The molecule has 1 heterocycles. The van der Waals surface area contributed by atoms with E-state index in [1.807, 2.05) is 0 Å². The lowest BCUT2D eigenvalue weighted by molar-refractivity contribution is -0.384. The molecule has 94 valence electrons. The van der Waals surface area contributed by atoms with Gasteiger partial charge in [-0.15, -0.1) is 0 Å². The molecule has 2 unspecified atom stereocenters. The van der Waals surface area contributed by atoms with Gasteiger partial charge in [0.2, 0.25) is 11.8 Å². The molecule has 1 aromatic rings. The van der Waals surface area contributed by atoms with Crippen molar-refractivity contribution in [3.05, 3.63) is 38.9 Å². The molecule has 0 spiro atoms. The van der Waals surface area contributed by atoms with Crippen LogP contribution >= 0.6 is 27.5 Å². The molecule has 18 heavy (non-hydrogen) atoms. The maximum absolute atomic E-state index is 11.6. The molecule has 1 aromatic carbocycles. The van der Waals surface area contributed by atoms with Crippen LogP contribution in [-0.2, 0) is 9.59 Å². The number of halogens is 2. The number of carbonyl (C=O) groups is 2. The quantitative estimate of drug-likeness (QED) is 0.386. The van der Waals surface area contributed by atoms with Gasteiger partial charge < -0.3 is 0 Å². The first-order valence-corrected chi connectivity index (χ1v) is 6.14. The van der Waals surface area contributed by atoms with Crippen LogP contribution in [0.3, 0.4) is 0 Å². The van der Waals surface area contributed by atoms with Gasteiger partial charge in [0.15, 0.2) is 0 Å². The number of nitro groups is 1. The Balaban J connectivity index is 2.41. The lowest BCUT2D eigenvalue weighted by Crippen LogP contribution is -2.22. The summed E-state index contributed by atoms with van der Waals surface area (Å²) in [5, 5.41) is 12.7. The number of nitrogens with one attached hydrogen (secondary N) is 1. The topological polar surface area (TPSA) is 89.3 Å². The van der Waals surface area contributed by atoms with E-state index in [2.05, 4.69) is 21.2 Å². The van der Waals surface area contributed by atoms with Crippen molar-refractivity contribution < 1.29 is 14.5 Å². The molecule has 0 saturated carbocycles. The second-order valence-electron chi connectivity index (χ2n) is 3.70. The van der Waals surface area contributed by atoms with Crippen LogP contribution in [0.25, 0.3) is 0 Å². The Labute approximate surface area is 115 Å². The predicted molar refractivity (Wildman–Crippen MR) is 66.7 cm³/mol. The standard InChI is InChI=1S/C10H6BrClN2O4/c11-8-7(9(15)13-10(8)16)4-1-2-6(14(17)18)5(12)3-4/h1-3,7-8H,(H,13,15,16). The number of amides is 2. The van der Waals surface area contributed by atoms with Gasteiger partial charge in [0.1, 0.15) is 9.85 Å². The van der Waals surface area contributed by atoms with E-state index < -0.39 is 27.5 Å². The van der Waals surface area contributed by atoms with E-state index >= 15 is 0 Å². The number of imide groups is 1. The van der Waals surface area contributed by atoms with Gasteiger partial charge in [0.05, 0.1) is 10.8 Å². The Hall–Kier alpha value is -1.47. The smallest absolute Gasteiger partial charge is 0.287 e. The molecular formula is C10H6BrClN2O4. The highest BCUT2D eigenvalue weighted by atomic mass is 79.9. The van der Waals surface area contributed by atoms with Gasteiger partial charge in [0.25, 0.3) is 5.69 Å². The molecular weight excluding hydrogens is 327 g/mol. The molecule has 8 heteroatoms. The molecule has 2 rings (SSSR count). The average Bonchev–Trinajstić information content (AvgIpc) is 2.52. The summed E-state index contributed by atoms with van der Waals surface area (Å²) in [6.07, 6.45) is 0. The highest BCUT2D eigenvalue weighted by Crippen LogP contribution is 2.34. The van der Waals surface area contributed by atoms with Gasteiger partial charge in [-0.3, -0.25) is 25.0 Å². The van der Waals surface area contributed by atoms with E-state index in [-0.39, 0.29) is 10.7 Å². The van der Waals surface area contributed by atoms with Gasteiger partial charge >= 0.3 is 0 Å². The fourth-order valence-corrected chi connectivity index (χ4v) is 2.66. The molecule has 1 aliphatic rings. The molecule has 2 amide bonds. The van der Waals surface area contributed by atoms with Crippen LogP contribution in [0.1, 0.15) is 11.5 Å². The zero-order valence-electron chi connectivity index (χ0n) is 8.72. The molecule has 0 aromatic heterocycles. The van der Waals surface area contributed by atoms with Crippen LogP contribution in [0.2, 0.25) is 5.02 Å². The maximum Gasteiger partial charge on any atom is 0.287 e. The van der Waals surface area contributed by atoms with Crippen molar-refractivity contribution in [1.29, 1.82) is 0 Å². The number of hydrogen-bond acceptors (Lipinski definition) is 4. The SMILES string of the molecule is O=C1NC(=O)C(c2ccc([N+](=O)[O-])c(Cl)c2)C1Br. The van der Waals surface area contributed by atoms with Crippen LogP contribution < -0.4 is 5.32 Å². The molecule has 1 N–H and O–H groups in total. The molecule has 1 saturated heterocycles. The highest BCUT2D eigenvalue weighted by Gasteiger charge is 2.41.